The van der Waals surface area contributed by atoms with Crippen LogP contribution in [0.5, 0.6) is 0 Å². The van der Waals surface area contributed by atoms with Gasteiger partial charge in [-0.1, -0.05) is 6.92 Å². The minimum Gasteiger partial charge on any atom is -0.353 e. The molecule has 0 aromatic rings. The maximum atomic E-state index is 10.5. The fourth-order valence-electron chi connectivity index (χ4n) is 0.759. The first-order chi connectivity index (χ1) is 4.66. The fourth-order valence-corrected chi connectivity index (χ4v) is 0.759. The lowest BCUT2D eigenvalue weighted by Crippen LogP contribution is -2.38. The second-order valence-corrected chi connectivity index (χ2v) is 2.41. The first kappa shape index (κ1) is 9.43. The van der Waals surface area contributed by atoms with E-state index < -0.39 is 0 Å². The van der Waals surface area contributed by atoms with E-state index in [9.17, 15) is 4.79 Å². The predicted octanol–water partition coefficient (Wildman–Crippen LogP) is 0.120. The molecule has 60 valence electrons. The van der Waals surface area contributed by atoms with Gasteiger partial charge in [0.25, 0.3) is 0 Å². The molecule has 1 amide bonds. The Bertz CT molecular complexity index is 104. The van der Waals surface area contributed by atoms with Gasteiger partial charge < -0.3 is 10.6 Å². The molecular formula is C7H16N2O. The normalized spacial score (nSPS) is 12.7. The summed E-state index contributed by atoms with van der Waals surface area (Å²) in [6.07, 6.45) is 0. The van der Waals surface area contributed by atoms with Crippen molar-refractivity contribution in [2.24, 2.45) is 0 Å². The van der Waals surface area contributed by atoms with Gasteiger partial charge in [0.15, 0.2) is 0 Å². The molecule has 0 aromatic carbocycles. The minimum atomic E-state index is 0.0328. The van der Waals surface area contributed by atoms with E-state index >= 15 is 0 Å². The number of likely N-dealkylation sites (N-methyl/N-ethyl adjacent to an activating group) is 1. The molecule has 3 heteroatoms. The Morgan fingerprint density at radius 1 is 1.60 bits per heavy atom. The van der Waals surface area contributed by atoms with Crippen LogP contribution in [0.4, 0.5) is 0 Å². The minimum absolute atomic E-state index is 0.0328. The van der Waals surface area contributed by atoms with E-state index in [2.05, 4.69) is 10.6 Å². The van der Waals surface area contributed by atoms with E-state index in [0.29, 0.717) is 0 Å². The third-order valence-corrected chi connectivity index (χ3v) is 1.15. The summed E-state index contributed by atoms with van der Waals surface area (Å²) in [5, 5.41) is 5.91. The molecule has 0 aromatic heterocycles. The Balaban J connectivity index is 3.25. The summed E-state index contributed by atoms with van der Waals surface area (Å²) >= 11 is 0. The van der Waals surface area contributed by atoms with Crippen LogP contribution in [-0.4, -0.2) is 25.0 Å². The van der Waals surface area contributed by atoms with Crippen molar-refractivity contribution >= 4 is 5.91 Å². The Kier molecular flexibility index (Phi) is 4.94. The van der Waals surface area contributed by atoms with Gasteiger partial charge in [0.2, 0.25) is 5.91 Å². The SMILES string of the molecule is CCNC[C@H](C)NC(C)=O. The maximum Gasteiger partial charge on any atom is 0.217 e. The molecule has 3 nitrogen and oxygen atoms in total. The zero-order valence-electron chi connectivity index (χ0n) is 6.90. The first-order valence-corrected chi connectivity index (χ1v) is 3.64. The van der Waals surface area contributed by atoms with Gasteiger partial charge >= 0.3 is 0 Å². The first-order valence-electron chi connectivity index (χ1n) is 3.64. The molecule has 0 aliphatic rings. The topological polar surface area (TPSA) is 41.1 Å². The van der Waals surface area contributed by atoms with E-state index in [1.54, 1.807) is 0 Å². The van der Waals surface area contributed by atoms with Gasteiger partial charge in [-0.05, 0) is 13.5 Å². The van der Waals surface area contributed by atoms with E-state index in [-0.39, 0.29) is 11.9 Å². The van der Waals surface area contributed by atoms with E-state index in [0.717, 1.165) is 13.1 Å². The van der Waals surface area contributed by atoms with Crippen molar-refractivity contribution in [2.45, 2.75) is 26.8 Å². The van der Waals surface area contributed by atoms with Crippen molar-refractivity contribution < 1.29 is 4.79 Å². The van der Waals surface area contributed by atoms with E-state index in [1.807, 2.05) is 13.8 Å². The number of hydrogen-bond acceptors (Lipinski definition) is 2. The molecule has 0 bridgehead atoms. The van der Waals surface area contributed by atoms with Crippen LogP contribution in [0.3, 0.4) is 0 Å². The molecule has 0 fully saturated rings. The average Bonchev–Trinajstić information content (AvgIpc) is 1.82. The second kappa shape index (κ2) is 5.23. The zero-order chi connectivity index (χ0) is 7.98. The van der Waals surface area contributed by atoms with Gasteiger partial charge in [-0.3, -0.25) is 4.79 Å². The van der Waals surface area contributed by atoms with Crippen molar-refractivity contribution in [3.63, 3.8) is 0 Å². The van der Waals surface area contributed by atoms with Crippen LogP contribution in [0.2, 0.25) is 0 Å². The lowest BCUT2D eigenvalue weighted by Gasteiger charge is -2.11. The predicted molar refractivity (Wildman–Crippen MR) is 41.8 cm³/mol. The Morgan fingerprint density at radius 2 is 2.20 bits per heavy atom. The monoisotopic (exact) mass is 144 g/mol. The van der Waals surface area contributed by atoms with Gasteiger partial charge in [0, 0.05) is 19.5 Å². The zero-order valence-corrected chi connectivity index (χ0v) is 6.90. The van der Waals surface area contributed by atoms with E-state index in [4.69, 9.17) is 0 Å². The van der Waals surface area contributed by atoms with Crippen molar-refractivity contribution in [1.29, 1.82) is 0 Å². The molecule has 0 radical (unpaired) electrons. The molecule has 0 heterocycles. The van der Waals surface area contributed by atoms with Gasteiger partial charge in [-0.2, -0.15) is 0 Å². The van der Waals surface area contributed by atoms with Crippen LogP contribution < -0.4 is 10.6 Å². The summed E-state index contributed by atoms with van der Waals surface area (Å²) in [7, 11) is 0. The molecule has 0 spiro atoms. The number of carbonyl (C=O) groups excluding carboxylic acids is 1. The maximum absolute atomic E-state index is 10.5. The Hall–Kier alpha value is -0.570. The van der Waals surface area contributed by atoms with Crippen molar-refractivity contribution in [3.8, 4) is 0 Å². The molecule has 0 saturated carbocycles. The van der Waals surface area contributed by atoms with Crippen LogP contribution in [0, 0.1) is 0 Å². The fraction of sp³-hybridized carbons (Fsp3) is 0.857. The molecule has 0 saturated heterocycles. The van der Waals surface area contributed by atoms with Crippen LogP contribution in [0.25, 0.3) is 0 Å². The summed E-state index contributed by atoms with van der Waals surface area (Å²) in [6, 6.07) is 0.234. The van der Waals surface area contributed by atoms with Crippen LogP contribution in [0.15, 0.2) is 0 Å². The third-order valence-electron chi connectivity index (χ3n) is 1.15. The lowest BCUT2D eigenvalue weighted by atomic mass is 10.3. The smallest absolute Gasteiger partial charge is 0.217 e. The summed E-state index contributed by atoms with van der Waals surface area (Å²) in [5.74, 6) is 0.0328. The highest BCUT2D eigenvalue weighted by Gasteiger charge is 1.99. The standard InChI is InChI=1S/C7H16N2O/c1-4-8-5-6(2)9-7(3)10/h6,8H,4-5H2,1-3H3,(H,9,10)/t6-/m0/s1. The van der Waals surface area contributed by atoms with Crippen LogP contribution in [-0.2, 0) is 4.79 Å². The Morgan fingerprint density at radius 3 is 2.60 bits per heavy atom. The molecule has 0 rings (SSSR count). The highest BCUT2D eigenvalue weighted by molar-refractivity contribution is 5.73. The average molecular weight is 144 g/mol. The quantitative estimate of drug-likeness (QED) is 0.588. The van der Waals surface area contributed by atoms with Crippen LogP contribution >= 0.6 is 0 Å². The summed E-state index contributed by atoms with van der Waals surface area (Å²) in [5.41, 5.74) is 0. The van der Waals surface area contributed by atoms with Gasteiger partial charge in [-0.25, -0.2) is 0 Å². The second-order valence-electron chi connectivity index (χ2n) is 2.41. The van der Waals surface area contributed by atoms with Crippen molar-refractivity contribution in [3.05, 3.63) is 0 Å². The Labute approximate surface area is 62.2 Å². The summed E-state index contributed by atoms with van der Waals surface area (Å²) in [4.78, 5) is 10.5. The van der Waals surface area contributed by atoms with Gasteiger partial charge in [0.05, 0.1) is 0 Å². The highest BCUT2D eigenvalue weighted by atomic mass is 16.1. The molecule has 0 aliphatic heterocycles. The third kappa shape index (κ3) is 5.56. The van der Waals surface area contributed by atoms with Gasteiger partial charge in [-0.15, -0.1) is 0 Å². The number of amides is 1. The van der Waals surface area contributed by atoms with Gasteiger partial charge in [0.1, 0.15) is 0 Å². The molecule has 0 aliphatic carbocycles. The number of carbonyl (C=O) groups is 1. The molecule has 2 N–H and O–H groups in total. The number of hydrogen-bond donors (Lipinski definition) is 2. The largest absolute Gasteiger partial charge is 0.353 e. The highest BCUT2D eigenvalue weighted by Crippen LogP contribution is 1.76. The molecule has 10 heavy (non-hydrogen) atoms. The van der Waals surface area contributed by atoms with E-state index in [1.165, 1.54) is 6.92 Å². The lowest BCUT2D eigenvalue weighted by molar-refractivity contribution is -0.119. The van der Waals surface area contributed by atoms with Crippen LogP contribution in [0.1, 0.15) is 20.8 Å². The summed E-state index contributed by atoms with van der Waals surface area (Å²) < 4.78 is 0. The molecule has 1 atom stereocenters. The number of rotatable bonds is 4. The summed E-state index contributed by atoms with van der Waals surface area (Å²) in [6.45, 7) is 7.34. The molecular weight excluding hydrogens is 128 g/mol. The van der Waals surface area contributed by atoms with Crippen molar-refractivity contribution in [1.82, 2.24) is 10.6 Å². The number of nitrogens with one attached hydrogen (secondary N) is 2. The molecule has 0 unspecified atom stereocenters. The van der Waals surface area contributed by atoms with Crippen molar-refractivity contribution in [2.75, 3.05) is 13.1 Å².